The Morgan fingerprint density at radius 2 is 1.59 bits per heavy atom. The van der Waals surface area contributed by atoms with Gasteiger partial charge in [-0.25, -0.2) is 16.0 Å². The van der Waals surface area contributed by atoms with Gasteiger partial charge in [-0.2, -0.15) is 0 Å². The van der Waals surface area contributed by atoms with Crippen LogP contribution < -0.4 is 20.3 Å². The van der Waals surface area contributed by atoms with E-state index in [1.165, 1.54) is 22.3 Å². The number of fused-ring (bicyclic) bond motifs is 1. The molecular weight excluding hydrogens is 426 g/mol. The number of carbonyl (C=O) groups excluding carboxylic acids is 1. The van der Waals surface area contributed by atoms with Crippen molar-refractivity contribution < 1.29 is 14.3 Å². The molecule has 0 radical (unpaired) electrons. The number of unbranched alkanes of at least 4 members (excludes halogenated alkanes) is 4. The number of benzene rings is 1. The summed E-state index contributed by atoms with van der Waals surface area (Å²) in [4.78, 5) is 12.7. The molecule has 0 unspecified atom stereocenters. The second kappa shape index (κ2) is 13.9. The summed E-state index contributed by atoms with van der Waals surface area (Å²) < 4.78 is 12.6. The van der Waals surface area contributed by atoms with Crippen molar-refractivity contribution in [2.75, 3.05) is 19.7 Å². The lowest BCUT2D eigenvalue weighted by atomic mass is 9.88. The van der Waals surface area contributed by atoms with Crippen LogP contribution in [0.5, 0.6) is 11.5 Å². The molecule has 6 nitrogen and oxygen atoms in total. The SMILES string of the molecule is CCCCNN(NCCCC)C(=O)CCCCCOc1c(C)c(C)c2c(c1C)CCC(C)(C)O2. The van der Waals surface area contributed by atoms with Gasteiger partial charge in [0.05, 0.1) is 6.61 Å². The first-order valence-corrected chi connectivity index (χ1v) is 13.5. The quantitative estimate of drug-likeness (QED) is 0.237. The molecule has 0 saturated heterocycles. The maximum Gasteiger partial charge on any atom is 0.251 e. The van der Waals surface area contributed by atoms with E-state index in [0.29, 0.717) is 13.0 Å². The number of nitrogens with zero attached hydrogens (tertiary/aromatic N) is 1. The van der Waals surface area contributed by atoms with E-state index in [0.717, 1.165) is 82.4 Å². The number of amides is 1. The topological polar surface area (TPSA) is 62.8 Å². The molecule has 1 aliphatic rings. The summed E-state index contributed by atoms with van der Waals surface area (Å²) in [7, 11) is 0. The smallest absolute Gasteiger partial charge is 0.251 e. The Morgan fingerprint density at radius 3 is 2.21 bits per heavy atom. The second-order valence-electron chi connectivity index (χ2n) is 10.3. The van der Waals surface area contributed by atoms with Gasteiger partial charge in [-0.3, -0.25) is 4.79 Å². The summed E-state index contributed by atoms with van der Waals surface area (Å²) in [6.07, 6.45) is 9.71. The minimum absolute atomic E-state index is 0.108. The largest absolute Gasteiger partial charge is 0.493 e. The van der Waals surface area contributed by atoms with E-state index in [-0.39, 0.29) is 11.5 Å². The number of rotatable bonds is 15. The normalized spacial score (nSPS) is 14.4. The summed E-state index contributed by atoms with van der Waals surface area (Å²) in [5.74, 6) is 2.19. The molecule has 2 N–H and O–H groups in total. The van der Waals surface area contributed by atoms with Crippen molar-refractivity contribution in [1.29, 1.82) is 0 Å². The van der Waals surface area contributed by atoms with Gasteiger partial charge in [0.25, 0.3) is 5.91 Å². The number of hydrazine groups is 2. The molecule has 0 saturated carbocycles. The van der Waals surface area contributed by atoms with Crippen LogP contribution in [0.15, 0.2) is 0 Å². The van der Waals surface area contributed by atoms with Gasteiger partial charge in [-0.05, 0) is 96.3 Å². The second-order valence-corrected chi connectivity index (χ2v) is 10.3. The Hall–Kier alpha value is -1.79. The van der Waals surface area contributed by atoms with Crippen LogP contribution >= 0.6 is 0 Å². The molecular formula is C28H49N3O3. The lowest BCUT2D eigenvalue weighted by Gasteiger charge is -2.35. The van der Waals surface area contributed by atoms with Gasteiger partial charge in [0.2, 0.25) is 0 Å². The molecule has 2 rings (SSSR count). The van der Waals surface area contributed by atoms with Gasteiger partial charge in [0.1, 0.15) is 17.1 Å². The van der Waals surface area contributed by atoms with Gasteiger partial charge in [0, 0.05) is 25.1 Å². The van der Waals surface area contributed by atoms with Gasteiger partial charge in [-0.15, -0.1) is 0 Å². The van der Waals surface area contributed by atoms with Gasteiger partial charge in [0.15, 0.2) is 0 Å². The summed E-state index contributed by atoms with van der Waals surface area (Å²) in [5.41, 5.74) is 11.3. The summed E-state index contributed by atoms with van der Waals surface area (Å²) in [5, 5.41) is 1.62. The molecule has 0 aliphatic carbocycles. The van der Waals surface area contributed by atoms with E-state index in [1.54, 1.807) is 5.12 Å². The highest BCUT2D eigenvalue weighted by Gasteiger charge is 2.31. The minimum Gasteiger partial charge on any atom is -0.493 e. The van der Waals surface area contributed by atoms with Crippen molar-refractivity contribution >= 4 is 5.91 Å². The highest BCUT2D eigenvalue weighted by molar-refractivity contribution is 5.75. The first-order chi connectivity index (χ1) is 16.2. The van der Waals surface area contributed by atoms with E-state index < -0.39 is 0 Å². The Labute approximate surface area is 208 Å². The number of hydrogen-bond donors (Lipinski definition) is 2. The van der Waals surface area contributed by atoms with Crippen LogP contribution in [0.2, 0.25) is 0 Å². The molecule has 34 heavy (non-hydrogen) atoms. The van der Waals surface area contributed by atoms with Crippen molar-refractivity contribution in [1.82, 2.24) is 16.0 Å². The third-order valence-corrected chi connectivity index (χ3v) is 6.80. The third-order valence-electron chi connectivity index (χ3n) is 6.80. The molecule has 0 fully saturated rings. The summed E-state index contributed by atoms with van der Waals surface area (Å²) >= 11 is 0. The van der Waals surface area contributed by atoms with E-state index in [9.17, 15) is 4.79 Å². The van der Waals surface area contributed by atoms with Gasteiger partial charge < -0.3 is 9.47 Å². The zero-order valence-corrected chi connectivity index (χ0v) is 22.9. The number of hydrogen-bond acceptors (Lipinski definition) is 5. The molecule has 6 heteroatoms. The average Bonchev–Trinajstić information content (AvgIpc) is 2.80. The van der Waals surface area contributed by atoms with Crippen LogP contribution in [0.25, 0.3) is 0 Å². The molecule has 1 aliphatic heterocycles. The van der Waals surface area contributed by atoms with Crippen LogP contribution in [0.1, 0.15) is 108 Å². The summed E-state index contributed by atoms with van der Waals surface area (Å²) in [6.45, 7) is 17.4. The Morgan fingerprint density at radius 1 is 0.941 bits per heavy atom. The van der Waals surface area contributed by atoms with Gasteiger partial charge >= 0.3 is 0 Å². The lowest BCUT2D eigenvalue weighted by Crippen LogP contribution is -2.52. The number of carbonyl (C=O) groups is 1. The van der Waals surface area contributed by atoms with Crippen molar-refractivity contribution in [2.45, 2.75) is 118 Å². The van der Waals surface area contributed by atoms with Crippen LogP contribution in [0, 0.1) is 20.8 Å². The zero-order chi connectivity index (χ0) is 25.1. The maximum atomic E-state index is 12.7. The lowest BCUT2D eigenvalue weighted by molar-refractivity contribution is -0.138. The predicted octanol–water partition coefficient (Wildman–Crippen LogP) is 6.09. The Balaban J connectivity index is 1.81. The van der Waals surface area contributed by atoms with E-state index in [4.69, 9.17) is 9.47 Å². The first kappa shape index (κ1) is 28.4. The van der Waals surface area contributed by atoms with Crippen LogP contribution in [-0.4, -0.2) is 36.3 Å². The molecule has 0 spiro atoms. The Bertz CT molecular complexity index is 782. The van der Waals surface area contributed by atoms with Crippen molar-refractivity contribution in [3.8, 4) is 11.5 Å². The maximum absolute atomic E-state index is 12.7. The fraction of sp³-hybridized carbons (Fsp3) is 0.750. The fourth-order valence-corrected chi connectivity index (χ4v) is 4.37. The molecule has 1 aromatic rings. The van der Waals surface area contributed by atoms with Crippen LogP contribution in [0.4, 0.5) is 0 Å². The first-order valence-electron chi connectivity index (χ1n) is 13.5. The fourth-order valence-electron chi connectivity index (χ4n) is 4.37. The number of ether oxygens (including phenoxy) is 2. The van der Waals surface area contributed by atoms with Crippen LogP contribution in [0.3, 0.4) is 0 Å². The molecule has 194 valence electrons. The standard InChI is InChI=1S/C28H49N3O3/c1-8-10-18-29-31(30-19-11-9-2)25(32)15-13-12-14-20-33-26-21(3)22(4)27-24(23(26)5)16-17-28(6,7)34-27/h29-30H,8-20H2,1-7H3. The van der Waals surface area contributed by atoms with Gasteiger partial charge in [-0.1, -0.05) is 26.7 Å². The minimum atomic E-state index is -0.108. The van der Waals surface area contributed by atoms with Crippen molar-refractivity contribution in [2.24, 2.45) is 0 Å². The average molecular weight is 476 g/mol. The highest BCUT2D eigenvalue weighted by Crippen LogP contribution is 2.43. The monoisotopic (exact) mass is 475 g/mol. The van der Waals surface area contributed by atoms with E-state index >= 15 is 0 Å². The van der Waals surface area contributed by atoms with E-state index in [2.05, 4.69) is 59.3 Å². The third kappa shape index (κ3) is 8.16. The summed E-state index contributed by atoms with van der Waals surface area (Å²) in [6, 6.07) is 0. The highest BCUT2D eigenvalue weighted by atomic mass is 16.5. The Kier molecular flexibility index (Phi) is 11.7. The number of nitrogens with one attached hydrogen (secondary N) is 2. The molecule has 0 bridgehead atoms. The molecule has 0 atom stereocenters. The molecule has 1 aromatic carbocycles. The van der Waals surface area contributed by atoms with Crippen molar-refractivity contribution in [3.05, 3.63) is 22.3 Å². The van der Waals surface area contributed by atoms with Crippen molar-refractivity contribution in [3.63, 3.8) is 0 Å². The molecule has 1 heterocycles. The molecule has 1 amide bonds. The zero-order valence-electron chi connectivity index (χ0n) is 22.9. The van der Waals surface area contributed by atoms with E-state index in [1.807, 2.05) is 0 Å². The van der Waals surface area contributed by atoms with Crippen LogP contribution in [-0.2, 0) is 11.2 Å². The molecule has 0 aromatic heterocycles. The predicted molar refractivity (Wildman–Crippen MR) is 140 cm³/mol.